The number of esters is 1. The highest BCUT2D eigenvalue weighted by atomic mass is 19.1. The van der Waals surface area contributed by atoms with E-state index in [9.17, 15) is 14.0 Å². The number of carbonyl (C=O) groups excluding carboxylic acids is 2. The van der Waals surface area contributed by atoms with Gasteiger partial charge in [-0.2, -0.15) is 0 Å². The van der Waals surface area contributed by atoms with E-state index in [0.717, 1.165) is 11.3 Å². The fourth-order valence-corrected chi connectivity index (χ4v) is 3.68. The second-order valence-electron chi connectivity index (χ2n) is 6.67. The summed E-state index contributed by atoms with van der Waals surface area (Å²) >= 11 is 0. The first-order valence-electron chi connectivity index (χ1n) is 8.89. The van der Waals surface area contributed by atoms with Crippen LogP contribution in [0.25, 0.3) is 0 Å². The summed E-state index contributed by atoms with van der Waals surface area (Å²) in [7, 11) is 0. The van der Waals surface area contributed by atoms with Crippen LogP contribution in [-0.2, 0) is 14.3 Å². The molecule has 7 heteroatoms. The third-order valence-electron chi connectivity index (χ3n) is 4.93. The van der Waals surface area contributed by atoms with E-state index in [-0.39, 0.29) is 42.2 Å². The summed E-state index contributed by atoms with van der Waals surface area (Å²) in [5, 5.41) is 4.97. The summed E-state index contributed by atoms with van der Waals surface area (Å²) in [4.78, 5) is 24.5. The summed E-state index contributed by atoms with van der Waals surface area (Å²) in [5.74, 6) is -0.739. The average Bonchev–Trinajstić information content (AvgIpc) is 2.92. The van der Waals surface area contributed by atoms with Crippen LogP contribution in [0.4, 0.5) is 4.39 Å². The van der Waals surface area contributed by atoms with Gasteiger partial charge in [0.1, 0.15) is 12.0 Å². The van der Waals surface area contributed by atoms with Crippen molar-refractivity contribution in [2.24, 2.45) is 0 Å². The number of hydrazine groups is 1. The molecule has 0 radical (unpaired) electrons. The fourth-order valence-electron chi connectivity index (χ4n) is 3.68. The van der Waals surface area contributed by atoms with Gasteiger partial charge >= 0.3 is 5.97 Å². The predicted molar refractivity (Wildman–Crippen MR) is 94.1 cm³/mol. The zero-order chi connectivity index (χ0) is 18.8. The molecule has 3 rings (SSSR count). The van der Waals surface area contributed by atoms with Crippen molar-refractivity contribution >= 4 is 11.9 Å². The number of carbonyl (C=O) groups is 2. The van der Waals surface area contributed by atoms with Crippen molar-refractivity contribution in [3.8, 4) is 0 Å². The Hall–Kier alpha value is -2.41. The van der Waals surface area contributed by atoms with E-state index in [1.165, 1.54) is 12.1 Å². The molecule has 2 aliphatic heterocycles. The molecule has 26 heavy (non-hydrogen) atoms. The molecular formula is C19H24FN3O3. The van der Waals surface area contributed by atoms with Gasteiger partial charge in [0.05, 0.1) is 6.61 Å². The number of halogens is 1. The highest BCUT2D eigenvalue weighted by Crippen LogP contribution is 2.35. The van der Waals surface area contributed by atoms with Crippen molar-refractivity contribution in [1.29, 1.82) is 0 Å². The van der Waals surface area contributed by atoms with Crippen LogP contribution in [0.2, 0.25) is 0 Å². The summed E-state index contributed by atoms with van der Waals surface area (Å²) in [5.41, 5.74) is 5.51. The summed E-state index contributed by atoms with van der Waals surface area (Å²) < 4.78 is 18.2. The van der Waals surface area contributed by atoms with Gasteiger partial charge in [-0.3, -0.25) is 14.6 Å². The minimum atomic E-state index is -0.310. The lowest BCUT2D eigenvalue weighted by molar-refractivity contribution is -0.143. The molecule has 3 atom stereocenters. The average molecular weight is 361 g/mol. The number of benzene rings is 1. The molecule has 1 fully saturated rings. The Labute approximate surface area is 152 Å². The number of rotatable bonds is 5. The van der Waals surface area contributed by atoms with Crippen molar-refractivity contribution in [2.75, 3.05) is 6.61 Å². The Kier molecular flexibility index (Phi) is 5.27. The molecule has 1 aromatic rings. The van der Waals surface area contributed by atoms with Crippen molar-refractivity contribution in [3.63, 3.8) is 0 Å². The number of hydrogen-bond donors (Lipinski definition) is 2. The molecule has 6 nitrogen and oxygen atoms in total. The van der Waals surface area contributed by atoms with Gasteiger partial charge in [0.2, 0.25) is 0 Å². The molecule has 2 aliphatic rings. The summed E-state index contributed by atoms with van der Waals surface area (Å²) in [6.07, 6.45) is 0.245. The molecule has 3 unspecified atom stereocenters. The van der Waals surface area contributed by atoms with Gasteiger partial charge in [0, 0.05) is 29.7 Å². The molecule has 1 amide bonds. The minimum absolute atomic E-state index is 0.000817. The van der Waals surface area contributed by atoms with Gasteiger partial charge in [-0.1, -0.05) is 12.1 Å². The number of amides is 1. The maximum Gasteiger partial charge on any atom is 0.306 e. The SMILES string of the molecule is CCOC(=O)CCC1=C(C)NC2C(c3ccc(F)cc3)C(C)NN2C1=O. The number of allylic oxidation sites excluding steroid dienone is 1. The largest absolute Gasteiger partial charge is 0.466 e. The molecular weight excluding hydrogens is 337 g/mol. The van der Waals surface area contributed by atoms with E-state index in [1.807, 2.05) is 13.8 Å². The van der Waals surface area contributed by atoms with Gasteiger partial charge in [-0.15, -0.1) is 0 Å². The molecule has 0 spiro atoms. The van der Waals surface area contributed by atoms with E-state index in [0.29, 0.717) is 18.6 Å². The first-order chi connectivity index (χ1) is 12.4. The molecule has 2 N–H and O–H groups in total. The molecule has 0 aliphatic carbocycles. The maximum absolute atomic E-state index is 13.2. The Bertz CT molecular complexity index is 732. The molecule has 1 aromatic carbocycles. The lowest BCUT2D eigenvalue weighted by atomic mass is 9.90. The van der Waals surface area contributed by atoms with Gasteiger partial charge in [0.25, 0.3) is 5.91 Å². The zero-order valence-electron chi connectivity index (χ0n) is 15.2. The Morgan fingerprint density at radius 1 is 1.31 bits per heavy atom. The maximum atomic E-state index is 13.2. The topological polar surface area (TPSA) is 70.7 Å². The monoisotopic (exact) mass is 361 g/mol. The normalized spacial score (nSPS) is 25.2. The Balaban J connectivity index is 1.79. The lowest BCUT2D eigenvalue weighted by Gasteiger charge is -2.35. The van der Waals surface area contributed by atoms with Crippen LogP contribution in [0.3, 0.4) is 0 Å². The number of nitrogens with one attached hydrogen (secondary N) is 2. The van der Waals surface area contributed by atoms with E-state index in [4.69, 9.17) is 4.74 Å². The third-order valence-corrected chi connectivity index (χ3v) is 4.93. The Morgan fingerprint density at radius 2 is 2.00 bits per heavy atom. The van der Waals surface area contributed by atoms with E-state index < -0.39 is 0 Å². The van der Waals surface area contributed by atoms with Gasteiger partial charge in [0.15, 0.2) is 0 Å². The molecule has 0 bridgehead atoms. The highest BCUT2D eigenvalue weighted by molar-refractivity contribution is 5.95. The van der Waals surface area contributed by atoms with Crippen LogP contribution in [0.1, 0.15) is 45.1 Å². The zero-order valence-corrected chi connectivity index (χ0v) is 15.2. The molecule has 140 valence electrons. The predicted octanol–water partition coefficient (Wildman–Crippen LogP) is 2.19. The van der Waals surface area contributed by atoms with Gasteiger partial charge in [-0.25, -0.2) is 9.82 Å². The van der Waals surface area contributed by atoms with Crippen LogP contribution in [0.15, 0.2) is 35.5 Å². The lowest BCUT2D eigenvalue weighted by Crippen LogP contribution is -2.54. The quantitative estimate of drug-likeness (QED) is 0.787. The van der Waals surface area contributed by atoms with Crippen LogP contribution in [-0.4, -0.2) is 35.7 Å². The summed E-state index contributed by atoms with van der Waals surface area (Å²) in [6.45, 7) is 5.93. The van der Waals surface area contributed by atoms with Crippen LogP contribution in [0.5, 0.6) is 0 Å². The second-order valence-corrected chi connectivity index (χ2v) is 6.67. The van der Waals surface area contributed by atoms with E-state index in [1.54, 1.807) is 24.1 Å². The van der Waals surface area contributed by atoms with Crippen molar-refractivity contribution in [3.05, 3.63) is 46.9 Å². The number of ether oxygens (including phenoxy) is 1. The first-order valence-corrected chi connectivity index (χ1v) is 8.89. The minimum Gasteiger partial charge on any atom is -0.466 e. The van der Waals surface area contributed by atoms with Crippen LogP contribution in [0, 0.1) is 5.82 Å². The van der Waals surface area contributed by atoms with Crippen LogP contribution < -0.4 is 10.7 Å². The third kappa shape index (κ3) is 3.44. The van der Waals surface area contributed by atoms with Gasteiger partial charge in [-0.05, 0) is 44.9 Å². The van der Waals surface area contributed by atoms with E-state index in [2.05, 4.69) is 10.7 Å². The molecule has 0 saturated carbocycles. The fraction of sp³-hybridized carbons (Fsp3) is 0.474. The van der Waals surface area contributed by atoms with Crippen molar-refractivity contribution in [1.82, 2.24) is 15.8 Å². The van der Waals surface area contributed by atoms with E-state index >= 15 is 0 Å². The highest BCUT2D eigenvalue weighted by Gasteiger charge is 2.46. The molecule has 2 heterocycles. The van der Waals surface area contributed by atoms with Crippen LogP contribution >= 0.6 is 0 Å². The summed E-state index contributed by atoms with van der Waals surface area (Å²) in [6, 6.07) is 6.37. The van der Waals surface area contributed by atoms with Gasteiger partial charge < -0.3 is 10.1 Å². The number of hydrogen-bond acceptors (Lipinski definition) is 5. The van der Waals surface area contributed by atoms with Crippen molar-refractivity contribution in [2.45, 2.75) is 51.7 Å². The first kappa shape index (κ1) is 18.4. The number of fused-ring (bicyclic) bond motifs is 1. The Morgan fingerprint density at radius 3 is 2.65 bits per heavy atom. The smallest absolute Gasteiger partial charge is 0.306 e. The van der Waals surface area contributed by atoms with Crippen molar-refractivity contribution < 1.29 is 18.7 Å². The second kappa shape index (κ2) is 7.45. The number of nitrogens with zero attached hydrogens (tertiary/aromatic N) is 1. The standard InChI is InChI=1S/C19H24FN3O3/c1-4-26-16(24)10-9-15-11(2)21-18-17(12(3)22-23(18)19(15)25)13-5-7-14(20)8-6-13/h5-8,12,17-18,21-22H,4,9-10H2,1-3H3. The molecule has 0 aromatic heterocycles. The molecule has 1 saturated heterocycles.